The Bertz CT molecular complexity index is 1040. The molecule has 1 fully saturated rings. The molecule has 1 amide bonds. The molecule has 0 aliphatic carbocycles. The van der Waals surface area contributed by atoms with Crippen LogP contribution in [0.3, 0.4) is 0 Å². The first-order valence-corrected chi connectivity index (χ1v) is 10.1. The highest BCUT2D eigenvalue weighted by molar-refractivity contribution is 5.68. The molecule has 182 valence electrons. The molecular weight excluding hydrogens is 456 g/mol. The first kappa shape index (κ1) is 24.7. The van der Waals surface area contributed by atoms with Crippen LogP contribution < -0.4 is 5.69 Å². The Kier molecular flexibility index (Phi) is 6.33. The standard InChI is InChI=1S/C21H23F6N3O3/c1-19(2,3)33-18(32)29-6-4-15(5-7-29)30-11-16(28-17(30)31)12-8-13(20(22,23)24)10-14(9-12)21(25,26)27/h8-11,15H,4-7H2,1-3H3,(H,28,31). The number of alkyl halides is 6. The van der Waals surface area contributed by atoms with Gasteiger partial charge in [-0.2, -0.15) is 26.3 Å². The molecule has 2 heterocycles. The molecule has 33 heavy (non-hydrogen) atoms. The lowest BCUT2D eigenvalue weighted by Gasteiger charge is -2.33. The van der Waals surface area contributed by atoms with Gasteiger partial charge in [0.1, 0.15) is 5.60 Å². The van der Waals surface area contributed by atoms with Gasteiger partial charge in [-0.3, -0.25) is 4.57 Å². The highest BCUT2D eigenvalue weighted by Crippen LogP contribution is 2.38. The smallest absolute Gasteiger partial charge is 0.416 e. The van der Waals surface area contributed by atoms with Gasteiger partial charge in [0, 0.05) is 30.9 Å². The number of piperidine rings is 1. The van der Waals surface area contributed by atoms with Gasteiger partial charge in [0.2, 0.25) is 0 Å². The predicted molar refractivity (Wildman–Crippen MR) is 107 cm³/mol. The van der Waals surface area contributed by atoms with Crippen molar-refractivity contribution in [1.82, 2.24) is 14.5 Å². The van der Waals surface area contributed by atoms with Gasteiger partial charge in [-0.1, -0.05) is 0 Å². The number of hydrogen-bond donors (Lipinski definition) is 1. The fourth-order valence-electron chi connectivity index (χ4n) is 3.59. The van der Waals surface area contributed by atoms with Crippen LogP contribution in [-0.2, 0) is 17.1 Å². The van der Waals surface area contributed by atoms with Crippen LogP contribution in [0.1, 0.15) is 50.8 Å². The average molecular weight is 479 g/mol. The van der Waals surface area contributed by atoms with Gasteiger partial charge in [-0.25, -0.2) is 9.59 Å². The third kappa shape index (κ3) is 5.91. The summed E-state index contributed by atoms with van der Waals surface area (Å²) in [4.78, 5) is 28.5. The zero-order valence-corrected chi connectivity index (χ0v) is 18.1. The number of aromatic nitrogens is 2. The first-order chi connectivity index (χ1) is 15.0. The molecule has 0 saturated carbocycles. The number of imidazole rings is 1. The van der Waals surface area contributed by atoms with Crippen molar-refractivity contribution < 1.29 is 35.9 Å². The van der Waals surface area contributed by atoms with E-state index in [2.05, 4.69) is 4.98 Å². The number of amides is 1. The van der Waals surface area contributed by atoms with E-state index in [9.17, 15) is 35.9 Å². The van der Waals surface area contributed by atoms with Crippen molar-refractivity contribution in [3.63, 3.8) is 0 Å². The summed E-state index contributed by atoms with van der Waals surface area (Å²) >= 11 is 0. The maximum absolute atomic E-state index is 13.1. The van der Waals surface area contributed by atoms with E-state index in [1.54, 1.807) is 20.8 Å². The van der Waals surface area contributed by atoms with Crippen LogP contribution in [0.4, 0.5) is 31.1 Å². The fraction of sp³-hybridized carbons (Fsp3) is 0.524. The van der Waals surface area contributed by atoms with Crippen LogP contribution in [0.15, 0.2) is 29.2 Å². The summed E-state index contributed by atoms with van der Waals surface area (Å²) in [5, 5.41) is 0. The summed E-state index contributed by atoms with van der Waals surface area (Å²) in [6.45, 7) is 5.77. The number of nitrogens with one attached hydrogen (secondary N) is 1. The Morgan fingerprint density at radius 3 is 1.94 bits per heavy atom. The molecule has 1 N–H and O–H groups in total. The third-order valence-corrected chi connectivity index (χ3v) is 5.15. The predicted octanol–water partition coefficient (Wildman–Crippen LogP) is 5.45. The number of rotatable bonds is 2. The minimum absolute atomic E-state index is 0.0327. The molecular formula is C21H23F6N3O3. The Hall–Kier alpha value is -2.92. The van der Waals surface area contributed by atoms with Crippen molar-refractivity contribution in [2.45, 2.75) is 57.6 Å². The van der Waals surface area contributed by atoms with Crippen LogP contribution in [0.2, 0.25) is 0 Å². The molecule has 0 atom stereocenters. The number of likely N-dealkylation sites (tertiary alicyclic amines) is 1. The fourth-order valence-corrected chi connectivity index (χ4v) is 3.59. The second-order valence-electron chi connectivity index (χ2n) is 8.87. The lowest BCUT2D eigenvalue weighted by atomic mass is 10.0. The second kappa shape index (κ2) is 8.45. The molecule has 1 saturated heterocycles. The Labute approximate surface area is 185 Å². The molecule has 12 heteroatoms. The van der Waals surface area contributed by atoms with Gasteiger partial charge >= 0.3 is 24.1 Å². The molecule has 1 aliphatic heterocycles. The maximum atomic E-state index is 13.1. The normalized spacial score (nSPS) is 16.2. The van der Waals surface area contributed by atoms with Crippen molar-refractivity contribution in [1.29, 1.82) is 0 Å². The van der Waals surface area contributed by atoms with Gasteiger partial charge in [-0.15, -0.1) is 0 Å². The van der Waals surface area contributed by atoms with Gasteiger partial charge in [0.25, 0.3) is 0 Å². The quantitative estimate of drug-likeness (QED) is 0.583. The van der Waals surface area contributed by atoms with Gasteiger partial charge in [0.05, 0.1) is 16.8 Å². The van der Waals surface area contributed by atoms with Crippen LogP contribution in [0.5, 0.6) is 0 Å². The van der Waals surface area contributed by atoms with Crippen molar-refractivity contribution in [2.24, 2.45) is 0 Å². The van der Waals surface area contributed by atoms with E-state index in [4.69, 9.17) is 4.74 Å². The number of nitrogens with zero attached hydrogens (tertiary/aromatic N) is 2. The average Bonchev–Trinajstić information content (AvgIpc) is 3.07. The van der Waals surface area contributed by atoms with E-state index in [-0.39, 0.29) is 30.9 Å². The van der Waals surface area contributed by atoms with Gasteiger partial charge in [0.15, 0.2) is 0 Å². The molecule has 0 spiro atoms. The van der Waals surface area contributed by atoms with Crippen LogP contribution in [0, 0.1) is 0 Å². The number of carbonyl (C=O) groups is 1. The van der Waals surface area contributed by atoms with Crippen molar-refractivity contribution in [3.8, 4) is 11.3 Å². The SMILES string of the molecule is CC(C)(C)OC(=O)N1CCC(n2cc(-c3cc(C(F)(F)F)cc(C(F)(F)F)c3)[nH]c2=O)CC1. The Morgan fingerprint density at radius 2 is 1.48 bits per heavy atom. The van der Waals surface area contributed by atoms with E-state index in [1.165, 1.54) is 15.7 Å². The number of benzene rings is 1. The summed E-state index contributed by atoms with van der Waals surface area (Å²) < 4.78 is 85.4. The highest BCUT2D eigenvalue weighted by atomic mass is 19.4. The molecule has 0 unspecified atom stereocenters. The van der Waals surface area contributed by atoms with Crippen LogP contribution >= 0.6 is 0 Å². The first-order valence-electron chi connectivity index (χ1n) is 10.1. The summed E-state index contributed by atoms with van der Waals surface area (Å²) in [5.74, 6) is 0. The highest BCUT2D eigenvalue weighted by Gasteiger charge is 2.37. The molecule has 0 bridgehead atoms. The summed E-state index contributed by atoms with van der Waals surface area (Å²) in [7, 11) is 0. The number of ether oxygens (including phenoxy) is 1. The molecule has 6 nitrogen and oxygen atoms in total. The van der Waals surface area contributed by atoms with Gasteiger partial charge < -0.3 is 14.6 Å². The molecule has 1 aromatic heterocycles. The summed E-state index contributed by atoms with van der Waals surface area (Å²) in [6, 6.07) is 0.783. The second-order valence-corrected chi connectivity index (χ2v) is 8.87. The monoisotopic (exact) mass is 479 g/mol. The van der Waals surface area contributed by atoms with E-state index in [1.807, 2.05) is 0 Å². The number of carbonyl (C=O) groups excluding carboxylic acids is 1. The third-order valence-electron chi connectivity index (χ3n) is 5.15. The number of hydrogen-bond acceptors (Lipinski definition) is 3. The van der Waals surface area contributed by atoms with Crippen molar-refractivity contribution in [3.05, 3.63) is 46.0 Å². The zero-order valence-electron chi connectivity index (χ0n) is 18.1. The van der Waals surface area contributed by atoms with Crippen LogP contribution in [-0.4, -0.2) is 39.2 Å². The van der Waals surface area contributed by atoms with Crippen molar-refractivity contribution in [2.75, 3.05) is 13.1 Å². The molecule has 1 aliphatic rings. The minimum Gasteiger partial charge on any atom is -0.444 e. The van der Waals surface area contributed by atoms with Crippen LogP contribution in [0.25, 0.3) is 11.3 Å². The molecule has 1 aromatic carbocycles. The lowest BCUT2D eigenvalue weighted by molar-refractivity contribution is -0.143. The van der Waals surface area contributed by atoms with Crippen molar-refractivity contribution >= 4 is 6.09 Å². The van der Waals surface area contributed by atoms with E-state index in [0.29, 0.717) is 25.0 Å². The number of halogens is 6. The molecule has 3 rings (SSSR count). The van der Waals surface area contributed by atoms with E-state index in [0.717, 1.165) is 0 Å². The summed E-state index contributed by atoms with van der Waals surface area (Å²) in [5.41, 5.74) is -4.82. The lowest BCUT2D eigenvalue weighted by Crippen LogP contribution is -2.42. The maximum Gasteiger partial charge on any atom is 0.416 e. The largest absolute Gasteiger partial charge is 0.444 e. The zero-order chi connectivity index (χ0) is 24.8. The molecule has 2 aromatic rings. The summed E-state index contributed by atoms with van der Waals surface area (Å²) in [6.07, 6.45) is -8.53. The topological polar surface area (TPSA) is 67.3 Å². The number of H-pyrrole nitrogens is 1. The molecule has 0 radical (unpaired) electrons. The van der Waals surface area contributed by atoms with Gasteiger partial charge in [-0.05, 0) is 51.8 Å². The number of aromatic amines is 1. The van der Waals surface area contributed by atoms with E-state index >= 15 is 0 Å². The van der Waals surface area contributed by atoms with E-state index < -0.39 is 46.4 Å². The Morgan fingerprint density at radius 1 is 0.970 bits per heavy atom. The minimum atomic E-state index is -4.99. The Balaban J connectivity index is 1.84.